The zero-order valence-electron chi connectivity index (χ0n) is 7.72. The number of hydrogen-bond donors (Lipinski definition) is 0. The Balaban J connectivity index is 2.96. The van der Waals surface area contributed by atoms with Crippen molar-refractivity contribution in [1.82, 2.24) is 0 Å². The van der Waals surface area contributed by atoms with Crippen LogP contribution >= 0.6 is 27.5 Å². The van der Waals surface area contributed by atoms with Crippen LogP contribution in [0, 0.1) is 0 Å². The fraction of sp³-hybridized carbons (Fsp3) is 0.300. The van der Waals surface area contributed by atoms with Crippen LogP contribution < -0.4 is 4.74 Å². The third-order valence-corrected chi connectivity index (χ3v) is 2.40. The normalized spacial score (nSPS) is 9.93. The molecule has 0 aliphatic heterocycles. The predicted octanol–water partition coefficient (Wildman–Crippen LogP) is 3.27. The van der Waals surface area contributed by atoms with Crippen molar-refractivity contribution < 1.29 is 9.53 Å². The van der Waals surface area contributed by atoms with E-state index in [0.29, 0.717) is 23.6 Å². The van der Waals surface area contributed by atoms with Gasteiger partial charge in [0.25, 0.3) is 0 Å². The number of rotatable bonds is 4. The summed E-state index contributed by atoms with van der Waals surface area (Å²) >= 11 is 8.80. The van der Waals surface area contributed by atoms with Crippen LogP contribution in [-0.2, 0) is 0 Å². The molecule has 0 aromatic heterocycles. The van der Waals surface area contributed by atoms with E-state index in [1.54, 1.807) is 25.3 Å². The summed E-state index contributed by atoms with van der Waals surface area (Å²) in [5.41, 5.74) is 0.622. The molecule has 0 spiro atoms. The maximum absolute atomic E-state index is 11.5. The number of hydrogen-bond acceptors (Lipinski definition) is 2. The van der Waals surface area contributed by atoms with E-state index in [4.69, 9.17) is 16.3 Å². The Labute approximate surface area is 96.3 Å². The maximum Gasteiger partial charge on any atom is 0.164 e. The molecule has 14 heavy (non-hydrogen) atoms. The number of alkyl halides is 1. The van der Waals surface area contributed by atoms with Gasteiger partial charge in [0.1, 0.15) is 5.75 Å². The quantitative estimate of drug-likeness (QED) is 0.624. The lowest BCUT2D eigenvalue weighted by molar-refractivity contribution is 0.0989. The van der Waals surface area contributed by atoms with Crippen molar-refractivity contribution in [2.45, 2.75) is 6.42 Å². The molecule has 0 radical (unpaired) electrons. The number of methoxy groups -OCH3 is 1. The fourth-order valence-electron chi connectivity index (χ4n) is 1.07. The predicted molar refractivity (Wildman–Crippen MR) is 60.4 cm³/mol. The van der Waals surface area contributed by atoms with Crippen LogP contribution in [0.15, 0.2) is 22.7 Å². The van der Waals surface area contributed by atoms with Gasteiger partial charge in [-0.2, -0.15) is 0 Å². The second-order valence-electron chi connectivity index (χ2n) is 2.74. The van der Waals surface area contributed by atoms with E-state index in [9.17, 15) is 4.79 Å². The van der Waals surface area contributed by atoms with Crippen LogP contribution in [0.1, 0.15) is 16.8 Å². The molecule has 0 N–H and O–H groups in total. The Morgan fingerprint density at radius 1 is 1.50 bits per heavy atom. The van der Waals surface area contributed by atoms with Crippen LogP contribution in [0.3, 0.4) is 0 Å². The summed E-state index contributed by atoms with van der Waals surface area (Å²) < 4.78 is 5.88. The van der Waals surface area contributed by atoms with Gasteiger partial charge in [-0.05, 0) is 18.2 Å². The second kappa shape index (κ2) is 5.37. The number of ketones is 1. The zero-order chi connectivity index (χ0) is 10.6. The third-order valence-electron chi connectivity index (χ3n) is 1.75. The molecule has 2 nitrogen and oxygen atoms in total. The summed E-state index contributed by atoms with van der Waals surface area (Å²) in [7, 11) is 1.57. The van der Waals surface area contributed by atoms with Crippen molar-refractivity contribution in [2.24, 2.45) is 0 Å². The Morgan fingerprint density at radius 3 is 2.79 bits per heavy atom. The summed E-state index contributed by atoms with van der Waals surface area (Å²) in [6.07, 6.45) is 0.348. The highest BCUT2D eigenvalue weighted by Crippen LogP contribution is 2.22. The summed E-state index contributed by atoms with van der Waals surface area (Å²) in [4.78, 5) is 11.5. The molecule has 0 bridgehead atoms. The van der Waals surface area contributed by atoms with Crippen molar-refractivity contribution >= 4 is 33.3 Å². The highest BCUT2D eigenvalue weighted by Gasteiger charge is 2.07. The summed E-state index contributed by atoms with van der Waals surface area (Å²) in [6, 6.07) is 5.27. The molecule has 0 saturated heterocycles. The molecule has 0 saturated carbocycles. The minimum absolute atomic E-state index is 0.0274. The number of carbonyl (C=O) groups excluding carboxylic acids is 1. The van der Waals surface area contributed by atoms with Crippen LogP contribution in [0.2, 0.25) is 0 Å². The molecule has 1 aromatic rings. The molecular formula is C10H10BrClO2. The third kappa shape index (κ3) is 3.00. The number of halogens is 2. The fourth-order valence-corrected chi connectivity index (χ4v) is 1.72. The van der Waals surface area contributed by atoms with Crippen LogP contribution in [0.25, 0.3) is 0 Å². The van der Waals surface area contributed by atoms with Gasteiger partial charge in [0, 0.05) is 22.3 Å². The minimum atomic E-state index is 0.0274. The van der Waals surface area contributed by atoms with Crippen molar-refractivity contribution in [3.63, 3.8) is 0 Å². The molecule has 76 valence electrons. The van der Waals surface area contributed by atoms with E-state index >= 15 is 0 Å². The Kier molecular flexibility index (Phi) is 4.42. The zero-order valence-corrected chi connectivity index (χ0v) is 10.1. The first kappa shape index (κ1) is 11.5. The van der Waals surface area contributed by atoms with E-state index in [2.05, 4.69) is 15.9 Å². The SMILES string of the molecule is COc1cc(Br)cc(C(=O)CCCl)c1. The van der Waals surface area contributed by atoms with E-state index < -0.39 is 0 Å². The number of Topliss-reactive ketones (excluding diaryl/α,β-unsaturated/α-hetero) is 1. The van der Waals surface area contributed by atoms with E-state index in [1.165, 1.54) is 0 Å². The van der Waals surface area contributed by atoms with E-state index in [0.717, 1.165) is 4.47 Å². The molecule has 1 rings (SSSR count). The minimum Gasteiger partial charge on any atom is -0.497 e. The first-order valence-electron chi connectivity index (χ1n) is 4.11. The molecule has 0 fully saturated rings. The average molecular weight is 278 g/mol. The van der Waals surface area contributed by atoms with Gasteiger partial charge in [-0.3, -0.25) is 4.79 Å². The molecule has 0 aliphatic carbocycles. The van der Waals surface area contributed by atoms with Crippen molar-refractivity contribution in [3.05, 3.63) is 28.2 Å². The van der Waals surface area contributed by atoms with Gasteiger partial charge in [-0.25, -0.2) is 0 Å². The highest BCUT2D eigenvalue weighted by molar-refractivity contribution is 9.10. The van der Waals surface area contributed by atoms with Crippen molar-refractivity contribution in [1.29, 1.82) is 0 Å². The first-order chi connectivity index (χ1) is 6.67. The summed E-state index contributed by atoms with van der Waals surface area (Å²) in [5.74, 6) is 1.03. The molecule has 0 atom stereocenters. The van der Waals surface area contributed by atoms with Crippen LogP contribution in [0.5, 0.6) is 5.75 Å². The first-order valence-corrected chi connectivity index (χ1v) is 5.44. The maximum atomic E-state index is 11.5. The van der Waals surface area contributed by atoms with Gasteiger partial charge < -0.3 is 4.74 Å². The van der Waals surface area contributed by atoms with Gasteiger partial charge in [-0.15, -0.1) is 11.6 Å². The molecule has 0 heterocycles. The van der Waals surface area contributed by atoms with Gasteiger partial charge in [-0.1, -0.05) is 15.9 Å². The second-order valence-corrected chi connectivity index (χ2v) is 4.04. The average Bonchev–Trinajstić information content (AvgIpc) is 2.17. The lowest BCUT2D eigenvalue weighted by Gasteiger charge is -2.04. The van der Waals surface area contributed by atoms with Crippen molar-refractivity contribution in [3.8, 4) is 5.75 Å². The van der Waals surface area contributed by atoms with Crippen LogP contribution in [0.4, 0.5) is 0 Å². The largest absolute Gasteiger partial charge is 0.497 e. The Hall–Kier alpha value is -0.540. The lowest BCUT2D eigenvalue weighted by Crippen LogP contribution is -2.00. The van der Waals surface area contributed by atoms with Gasteiger partial charge in [0.15, 0.2) is 5.78 Å². The topological polar surface area (TPSA) is 26.3 Å². The summed E-state index contributed by atoms with van der Waals surface area (Å²) in [5, 5.41) is 0. The van der Waals surface area contributed by atoms with Gasteiger partial charge in [0.05, 0.1) is 7.11 Å². The summed E-state index contributed by atoms with van der Waals surface area (Å²) in [6.45, 7) is 0. The Morgan fingerprint density at radius 2 is 2.21 bits per heavy atom. The monoisotopic (exact) mass is 276 g/mol. The molecular weight excluding hydrogens is 267 g/mol. The molecule has 4 heteroatoms. The number of carbonyl (C=O) groups is 1. The standard InChI is InChI=1S/C10H10BrClO2/c1-14-9-5-7(4-8(11)6-9)10(13)2-3-12/h4-6H,2-3H2,1H3. The smallest absolute Gasteiger partial charge is 0.164 e. The molecule has 1 aromatic carbocycles. The highest BCUT2D eigenvalue weighted by atomic mass is 79.9. The Bertz CT molecular complexity index is 339. The van der Waals surface area contributed by atoms with Crippen molar-refractivity contribution in [2.75, 3.05) is 13.0 Å². The van der Waals surface area contributed by atoms with Crippen LogP contribution in [-0.4, -0.2) is 18.8 Å². The molecule has 0 unspecified atom stereocenters. The number of benzene rings is 1. The van der Waals surface area contributed by atoms with Gasteiger partial charge >= 0.3 is 0 Å². The van der Waals surface area contributed by atoms with Gasteiger partial charge in [0.2, 0.25) is 0 Å². The molecule has 0 aliphatic rings. The van der Waals surface area contributed by atoms with E-state index in [1.807, 2.05) is 0 Å². The lowest BCUT2D eigenvalue weighted by atomic mass is 10.1. The number of ether oxygens (including phenoxy) is 1. The van der Waals surface area contributed by atoms with E-state index in [-0.39, 0.29) is 5.78 Å². The molecule has 0 amide bonds.